The van der Waals surface area contributed by atoms with E-state index in [0.717, 1.165) is 0 Å². The molecule has 4 aromatic rings. The molecular formula is C14H2Na4O20S4. The number of rotatable bonds is 8. The van der Waals surface area contributed by atoms with Crippen LogP contribution in [0.15, 0.2) is 30.6 Å². The van der Waals surface area contributed by atoms with E-state index in [-0.39, 0.29) is 130 Å². The minimum Gasteiger partial charge on any atom is -0.716 e. The van der Waals surface area contributed by atoms with Gasteiger partial charge in [-0.15, -0.1) is 0 Å². The molecule has 4 rings (SSSR count). The van der Waals surface area contributed by atoms with Gasteiger partial charge in [0.1, 0.15) is 0 Å². The van der Waals surface area contributed by atoms with Gasteiger partial charge in [-0.05, 0) is 0 Å². The van der Waals surface area contributed by atoms with E-state index < -0.39 is 109 Å². The van der Waals surface area contributed by atoms with Crippen molar-refractivity contribution in [3.63, 3.8) is 0 Å². The fourth-order valence-corrected chi connectivity index (χ4v) is 4.66. The second-order valence-corrected chi connectivity index (χ2v) is 10.6. The summed E-state index contributed by atoms with van der Waals surface area (Å²) in [6.45, 7) is 0. The third-order valence-electron chi connectivity index (χ3n) is 4.24. The van der Waals surface area contributed by atoms with Gasteiger partial charge in [-0.3, -0.25) is 0 Å². The van der Waals surface area contributed by atoms with E-state index >= 15 is 0 Å². The van der Waals surface area contributed by atoms with Crippen molar-refractivity contribution >= 4 is 74.3 Å². The van der Waals surface area contributed by atoms with Gasteiger partial charge in [0.25, 0.3) is 41.6 Å². The molecule has 0 aliphatic heterocycles. The molecule has 0 spiro atoms. The van der Waals surface area contributed by atoms with Gasteiger partial charge in [0.15, 0.2) is 22.7 Å². The van der Waals surface area contributed by atoms with Crippen LogP contribution in [0, 0.1) is 0 Å². The van der Waals surface area contributed by atoms with Gasteiger partial charge < -0.3 is 43.8 Å². The van der Waals surface area contributed by atoms with Crippen LogP contribution in [0.4, 0.5) is 0 Å². The van der Waals surface area contributed by atoms with Gasteiger partial charge in [0, 0.05) is 22.9 Å². The Labute approximate surface area is 321 Å². The van der Waals surface area contributed by atoms with Crippen LogP contribution in [0.5, 0.6) is 23.0 Å². The molecule has 42 heavy (non-hydrogen) atoms. The molecule has 0 bridgehead atoms. The van der Waals surface area contributed by atoms with Crippen molar-refractivity contribution in [2.75, 3.05) is 0 Å². The topological polar surface area (TPSA) is 326 Å². The van der Waals surface area contributed by atoms with Crippen molar-refractivity contribution < 1.29 is 196 Å². The molecule has 0 aliphatic rings. The van der Waals surface area contributed by atoms with Crippen LogP contribution in [0.3, 0.4) is 0 Å². The van der Waals surface area contributed by atoms with Gasteiger partial charge in [-0.1, -0.05) is 0 Å². The molecule has 28 heteroatoms. The summed E-state index contributed by atoms with van der Waals surface area (Å²) in [7, 11) is -23.3. The van der Waals surface area contributed by atoms with Crippen molar-refractivity contribution in [1.82, 2.24) is 0 Å². The second kappa shape index (κ2) is 14.3. The summed E-state index contributed by atoms with van der Waals surface area (Å²) in [6, 6.07) is 0.556. The SMILES string of the molecule is O=c1oc2c(OS(=O)(=O)[O-])c(OS(=O)(=O)[O-])cc3c(=O)oc4c(OS(=O)(=O)[O-])c(OS(=O)(=O)[O-])cc1c4c23.[Na+].[Na+].[Na+].[Na+]. The Morgan fingerprint density at radius 3 is 1.00 bits per heavy atom. The molecule has 0 unspecified atom stereocenters. The van der Waals surface area contributed by atoms with Crippen LogP contribution in [0.2, 0.25) is 0 Å². The minimum absolute atomic E-state index is 0. The summed E-state index contributed by atoms with van der Waals surface area (Å²) in [6.07, 6.45) is 0. The molecule has 2 aromatic carbocycles. The summed E-state index contributed by atoms with van der Waals surface area (Å²) in [5.41, 5.74) is -5.93. The van der Waals surface area contributed by atoms with Crippen LogP contribution in [0.1, 0.15) is 0 Å². The van der Waals surface area contributed by atoms with Crippen molar-refractivity contribution in [2.24, 2.45) is 0 Å². The molecule has 0 fully saturated rings. The van der Waals surface area contributed by atoms with Gasteiger partial charge in [0.05, 0.1) is 10.8 Å². The third-order valence-corrected chi connectivity index (χ3v) is 5.75. The number of benzene rings is 2. The van der Waals surface area contributed by atoms with Gasteiger partial charge in [-0.25, -0.2) is 43.3 Å². The summed E-state index contributed by atoms with van der Waals surface area (Å²) in [5, 5.41) is -3.47. The molecule has 0 radical (unpaired) electrons. The Kier molecular flexibility index (Phi) is 14.4. The van der Waals surface area contributed by atoms with E-state index in [2.05, 4.69) is 16.7 Å². The van der Waals surface area contributed by atoms with E-state index in [0.29, 0.717) is 0 Å². The molecule has 0 aliphatic carbocycles. The molecule has 2 aromatic heterocycles. The second-order valence-electron chi connectivity index (χ2n) is 6.66. The molecule has 0 amide bonds. The van der Waals surface area contributed by atoms with Crippen molar-refractivity contribution in [1.29, 1.82) is 0 Å². The first-order valence-electron chi connectivity index (χ1n) is 8.61. The van der Waals surface area contributed by atoms with Crippen LogP contribution >= 0.6 is 0 Å². The van der Waals surface area contributed by atoms with Crippen LogP contribution in [-0.4, -0.2) is 51.9 Å². The first-order valence-corrected chi connectivity index (χ1v) is 13.9. The normalized spacial score (nSPS) is 12.0. The van der Waals surface area contributed by atoms with Gasteiger partial charge in [0.2, 0.25) is 11.5 Å². The molecule has 206 valence electrons. The van der Waals surface area contributed by atoms with Crippen LogP contribution in [0.25, 0.3) is 32.7 Å². The fraction of sp³-hybridized carbons (Fsp3) is 0. The third kappa shape index (κ3) is 9.61. The average Bonchev–Trinajstić information content (AvgIpc) is 2.68. The fourth-order valence-electron chi connectivity index (χ4n) is 3.25. The Hall–Kier alpha value is 0.220. The van der Waals surface area contributed by atoms with Crippen molar-refractivity contribution in [3.05, 3.63) is 33.0 Å². The first kappa shape index (κ1) is 42.2. The zero-order valence-corrected chi connectivity index (χ0v) is 32.2. The monoisotopic (exact) mass is 710 g/mol. The van der Waals surface area contributed by atoms with Gasteiger partial charge in [-0.2, -0.15) is 0 Å². The summed E-state index contributed by atoms with van der Waals surface area (Å²) in [4.78, 5) is 25.4. The zero-order chi connectivity index (χ0) is 28.6. The predicted octanol–water partition coefficient (Wildman–Crippen LogP) is -14.1. The zero-order valence-electron chi connectivity index (χ0n) is 21.0. The Bertz CT molecular complexity index is 2060. The largest absolute Gasteiger partial charge is 1.00 e. The Morgan fingerprint density at radius 2 is 0.762 bits per heavy atom. The Morgan fingerprint density at radius 1 is 0.500 bits per heavy atom. The predicted molar refractivity (Wildman–Crippen MR) is 109 cm³/mol. The van der Waals surface area contributed by atoms with Crippen molar-refractivity contribution in [3.8, 4) is 23.0 Å². The molecule has 20 nitrogen and oxygen atoms in total. The maximum atomic E-state index is 12.7. The molecule has 0 saturated carbocycles. The maximum absolute atomic E-state index is 12.7. The van der Waals surface area contributed by atoms with Crippen LogP contribution < -0.4 is 146 Å². The first-order chi connectivity index (χ1) is 17.1. The number of hydrogen-bond acceptors (Lipinski definition) is 20. The summed E-state index contributed by atoms with van der Waals surface area (Å²) >= 11 is 0. The molecule has 0 atom stereocenters. The number of hydrogen-bond donors (Lipinski definition) is 0. The molecular weight excluding hydrogens is 708 g/mol. The van der Waals surface area contributed by atoms with E-state index in [1.807, 2.05) is 0 Å². The molecule has 0 N–H and O–H groups in total. The smallest absolute Gasteiger partial charge is 0.716 e. The molecule has 0 saturated heterocycles. The van der Waals surface area contributed by atoms with Crippen molar-refractivity contribution in [2.45, 2.75) is 0 Å². The standard InChI is InChI=1S/C14H6O20S4.4Na/c15-13-3-1-5(31-35(17,18)19)9(33-37(23,24)25)11-7(3)8-4(14(16)30-11)2-6(32-36(20,21)22)10(12(8)29-13)34-38(26,27)28;;;;/h1-2H,(H,17,18,19)(H,20,21,22)(H,23,24,25)(H,26,27,28);;;;/q;4*+1/p-4. The van der Waals surface area contributed by atoms with E-state index in [1.165, 1.54) is 0 Å². The summed E-state index contributed by atoms with van der Waals surface area (Å²) < 4.78 is 160. The van der Waals surface area contributed by atoms with Crippen LogP contribution in [-0.2, 0) is 41.6 Å². The van der Waals surface area contributed by atoms with E-state index in [9.17, 15) is 61.5 Å². The van der Waals surface area contributed by atoms with Gasteiger partial charge >= 0.3 is 129 Å². The average molecular weight is 710 g/mol. The minimum atomic E-state index is -5.86. The Balaban J connectivity index is 0.00000420. The quantitative estimate of drug-likeness (QED) is 0.0538. The molecule has 2 heterocycles. The maximum Gasteiger partial charge on any atom is 1.00 e. The summed E-state index contributed by atoms with van der Waals surface area (Å²) in [5.74, 6) is -6.08. The van der Waals surface area contributed by atoms with E-state index in [1.54, 1.807) is 0 Å². The van der Waals surface area contributed by atoms with E-state index in [4.69, 9.17) is 8.83 Å².